The van der Waals surface area contributed by atoms with Crippen LogP contribution in [-0.4, -0.2) is 41.3 Å². The summed E-state index contributed by atoms with van der Waals surface area (Å²) in [7, 11) is 0. The minimum absolute atomic E-state index is 0.0788. The topological polar surface area (TPSA) is 76.2 Å². The second kappa shape index (κ2) is 4.46. The lowest BCUT2D eigenvalue weighted by Crippen LogP contribution is -2.44. The summed E-state index contributed by atoms with van der Waals surface area (Å²) in [5.74, 6) is -0.200. The SMILES string of the molecule is O=C(OC1CCOC1)C1Cc2nc[nH]c2CN1. The Morgan fingerprint density at radius 2 is 2.53 bits per heavy atom. The third kappa shape index (κ3) is 2.18. The highest BCUT2D eigenvalue weighted by Gasteiger charge is 2.29. The number of imidazole rings is 1. The maximum atomic E-state index is 11.9. The molecule has 1 saturated heterocycles. The molecule has 2 unspecified atom stereocenters. The Bertz CT molecular complexity index is 412. The normalized spacial score (nSPS) is 27.8. The van der Waals surface area contributed by atoms with Gasteiger partial charge in [0.2, 0.25) is 0 Å². The second-order valence-electron chi connectivity index (χ2n) is 4.39. The minimum atomic E-state index is -0.286. The van der Waals surface area contributed by atoms with Gasteiger partial charge in [0, 0.05) is 19.4 Å². The Kier molecular flexibility index (Phi) is 2.82. The summed E-state index contributed by atoms with van der Waals surface area (Å²) in [5, 5.41) is 3.15. The van der Waals surface area contributed by atoms with Gasteiger partial charge in [-0.05, 0) is 0 Å². The van der Waals surface area contributed by atoms with Crippen molar-refractivity contribution in [2.24, 2.45) is 0 Å². The van der Waals surface area contributed by atoms with Crippen LogP contribution < -0.4 is 5.32 Å². The summed E-state index contributed by atoms with van der Waals surface area (Å²) >= 11 is 0. The number of carbonyl (C=O) groups excluding carboxylic acids is 1. The van der Waals surface area contributed by atoms with Crippen molar-refractivity contribution >= 4 is 5.97 Å². The van der Waals surface area contributed by atoms with Gasteiger partial charge in [-0.1, -0.05) is 0 Å². The summed E-state index contributed by atoms with van der Waals surface area (Å²) in [5.41, 5.74) is 2.01. The molecule has 0 saturated carbocycles. The third-order valence-electron chi connectivity index (χ3n) is 3.19. The molecule has 6 heteroatoms. The Hall–Kier alpha value is -1.40. The quantitative estimate of drug-likeness (QED) is 0.694. The molecule has 0 bridgehead atoms. The van der Waals surface area contributed by atoms with E-state index >= 15 is 0 Å². The van der Waals surface area contributed by atoms with Gasteiger partial charge in [0.1, 0.15) is 12.1 Å². The lowest BCUT2D eigenvalue weighted by molar-refractivity contribution is -0.151. The first-order valence-corrected chi connectivity index (χ1v) is 5.85. The summed E-state index contributed by atoms with van der Waals surface area (Å²) in [4.78, 5) is 19.1. The lowest BCUT2D eigenvalue weighted by Gasteiger charge is -2.22. The van der Waals surface area contributed by atoms with E-state index in [1.54, 1.807) is 6.33 Å². The van der Waals surface area contributed by atoms with E-state index < -0.39 is 0 Å². The Balaban J connectivity index is 1.60. The number of hydrogen-bond donors (Lipinski definition) is 2. The van der Waals surface area contributed by atoms with Crippen LogP contribution in [0.4, 0.5) is 0 Å². The Morgan fingerprint density at radius 1 is 1.59 bits per heavy atom. The molecule has 0 aromatic carbocycles. The zero-order chi connectivity index (χ0) is 11.7. The molecule has 2 atom stereocenters. The molecule has 92 valence electrons. The zero-order valence-corrected chi connectivity index (χ0v) is 9.44. The summed E-state index contributed by atoms with van der Waals surface area (Å²) < 4.78 is 10.6. The number of aromatic nitrogens is 2. The number of fused-ring (bicyclic) bond motifs is 1. The van der Waals surface area contributed by atoms with Crippen molar-refractivity contribution in [2.75, 3.05) is 13.2 Å². The maximum absolute atomic E-state index is 11.9. The van der Waals surface area contributed by atoms with E-state index in [2.05, 4.69) is 15.3 Å². The van der Waals surface area contributed by atoms with Crippen LogP contribution in [0.2, 0.25) is 0 Å². The fourth-order valence-corrected chi connectivity index (χ4v) is 2.19. The number of ether oxygens (including phenoxy) is 2. The molecule has 0 aliphatic carbocycles. The first kappa shape index (κ1) is 10.7. The van der Waals surface area contributed by atoms with Crippen LogP contribution in [0.25, 0.3) is 0 Å². The van der Waals surface area contributed by atoms with E-state index in [-0.39, 0.29) is 18.1 Å². The first-order valence-electron chi connectivity index (χ1n) is 5.85. The molecule has 1 fully saturated rings. The maximum Gasteiger partial charge on any atom is 0.323 e. The smallest absolute Gasteiger partial charge is 0.323 e. The van der Waals surface area contributed by atoms with Gasteiger partial charge in [-0.15, -0.1) is 0 Å². The van der Waals surface area contributed by atoms with Crippen molar-refractivity contribution in [3.63, 3.8) is 0 Å². The standard InChI is InChI=1S/C11H15N3O3/c15-11(17-7-1-2-16-5-7)9-3-8-10(4-12-9)14-6-13-8/h6-7,9,12H,1-5H2,(H,13,14). The summed E-state index contributed by atoms with van der Waals surface area (Å²) in [6.07, 6.45) is 2.97. The minimum Gasteiger partial charge on any atom is -0.459 e. The highest BCUT2D eigenvalue weighted by Crippen LogP contribution is 2.15. The van der Waals surface area contributed by atoms with Crippen molar-refractivity contribution in [1.82, 2.24) is 15.3 Å². The molecule has 2 aliphatic rings. The van der Waals surface area contributed by atoms with Crippen LogP contribution in [0.5, 0.6) is 0 Å². The zero-order valence-electron chi connectivity index (χ0n) is 9.44. The predicted molar refractivity (Wildman–Crippen MR) is 58.2 cm³/mol. The molecule has 3 heterocycles. The van der Waals surface area contributed by atoms with E-state index in [0.29, 0.717) is 26.2 Å². The van der Waals surface area contributed by atoms with Gasteiger partial charge in [-0.2, -0.15) is 0 Å². The molecule has 1 aromatic heterocycles. The van der Waals surface area contributed by atoms with E-state index in [9.17, 15) is 4.79 Å². The van der Waals surface area contributed by atoms with E-state index in [1.165, 1.54) is 0 Å². The monoisotopic (exact) mass is 237 g/mol. The average Bonchev–Trinajstić information content (AvgIpc) is 2.97. The van der Waals surface area contributed by atoms with Crippen LogP contribution in [-0.2, 0) is 27.2 Å². The number of nitrogens with one attached hydrogen (secondary N) is 2. The van der Waals surface area contributed by atoms with Gasteiger partial charge in [-0.25, -0.2) is 4.98 Å². The number of carbonyl (C=O) groups is 1. The molecule has 6 nitrogen and oxygen atoms in total. The van der Waals surface area contributed by atoms with E-state index in [4.69, 9.17) is 9.47 Å². The second-order valence-corrected chi connectivity index (χ2v) is 4.39. The third-order valence-corrected chi connectivity index (χ3v) is 3.19. The molecule has 3 rings (SSSR count). The van der Waals surface area contributed by atoms with Crippen LogP contribution in [0, 0.1) is 0 Å². The molecule has 1 aromatic rings. The average molecular weight is 237 g/mol. The molecule has 0 spiro atoms. The number of nitrogens with zero attached hydrogens (tertiary/aromatic N) is 1. The van der Waals surface area contributed by atoms with Gasteiger partial charge >= 0.3 is 5.97 Å². The highest BCUT2D eigenvalue weighted by molar-refractivity contribution is 5.76. The number of esters is 1. The number of hydrogen-bond acceptors (Lipinski definition) is 5. The van der Waals surface area contributed by atoms with Crippen molar-refractivity contribution in [1.29, 1.82) is 0 Å². The molecule has 0 amide bonds. The van der Waals surface area contributed by atoms with Crippen molar-refractivity contribution < 1.29 is 14.3 Å². The molecular formula is C11H15N3O3. The summed E-state index contributed by atoms with van der Waals surface area (Å²) in [6, 6.07) is -0.286. The number of rotatable bonds is 2. The first-order chi connectivity index (χ1) is 8.33. The fraction of sp³-hybridized carbons (Fsp3) is 0.636. The molecule has 17 heavy (non-hydrogen) atoms. The van der Waals surface area contributed by atoms with Gasteiger partial charge in [0.25, 0.3) is 0 Å². The van der Waals surface area contributed by atoms with E-state index in [0.717, 1.165) is 17.8 Å². The van der Waals surface area contributed by atoms with Gasteiger partial charge in [0.15, 0.2) is 0 Å². The van der Waals surface area contributed by atoms with Crippen LogP contribution in [0.15, 0.2) is 6.33 Å². The highest BCUT2D eigenvalue weighted by atomic mass is 16.6. The van der Waals surface area contributed by atoms with Crippen molar-refractivity contribution in [3.05, 3.63) is 17.7 Å². The fourth-order valence-electron chi connectivity index (χ4n) is 2.19. The summed E-state index contributed by atoms with van der Waals surface area (Å²) in [6.45, 7) is 1.84. The van der Waals surface area contributed by atoms with Gasteiger partial charge < -0.3 is 14.5 Å². The molecule has 0 radical (unpaired) electrons. The van der Waals surface area contributed by atoms with Crippen LogP contribution in [0.1, 0.15) is 17.8 Å². The Labute approximate surface area is 98.7 Å². The van der Waals surface area contributed by atoms with Crippen LogP contribution in [0.3, 0.4) is 0 Å². The van der Waals surface area contributed by atoms with Crippen molar-refractivity contribution in [3.8, 4) is 0 Å². The predicted octanol–water partition coefficient (Wildman–Crippen LogP) is -0.244. The van der Waals surface area contributed by atoms with Crippen LogP contribution >= 0.6 is 0 Å². The van der Waals surface area contributed by atoms with Crippen molar-refractivity contribution in [2.45, 2.75) is 31.5 Å². The lowest BCUT2D eigenvalue weighted by atomic mass is 10.1. The number of H-pyrrole nitrogens is 1. The molecule has 2 aliphatic heterocycles. The van der Waals surface area contributed by atoms with E-state index in [1.807, 2.05) is 0 Å². The van der Waals surface area contributed by atoms with Gasteiger partial charge in [-0.3, -0.25) is 10.1 Å². The Morgan fingerprint density at radius 3 is 3.35 bits per heavy atom. The largest absolute Gasteiger partial charge is 0.459 e. The van der Waals surface area contributed by atoms with Gasteiger partial charge in [0.05, 0.1) is 30.9 Å². The number of aromatic amines is 1. The molecule has 2 N–H and O–H groups in total. The molecular weight excluding hydrogens is 222 g/mol.